The van der Waals surface area contributed by atoms with Crippen LogP contribution in [0.2, 0.25) is 0 Å². The average molecular weight is 299 g/mol. The van der Waals surface area contributed by atoms with Crippen LogP contribution in [0.4, 0.5) is 25.8 Å². The van der Waals surface area contributed by atoms with Gasteiger partial charge in [0.25, 0.3) is 0 Å². The van der Waals surface area contributed by atoms with Gasteiger partial charge in [-0.05, 0) is 36.4 Å². The molecule has 0 aliphatic rings. The summed E-state index contributed by atoms with van der Waals surface area (Å²) in [5.41, 5.74) is 6.59. The van der Waals surface area contributed by atoms with E-state index in [0.29, 0.717) is 15.8 Å². The predicted octanol–water partition coefficient (Wildman–Crippen LogP) is 4.05. The molecule has 0 heterocycles. The number of anilines is 3. The summed E-state index contributed by atoms with van der Waals surface area (Å²) in [6, 6.07) is 8.44. The van der Waals surface area contributed by atoms with Crippen LogP contribution in [-0.4, -0.2) is 0 Å². The van der Waals surface area contributed by atoms with E-state index in [9.17, 15) is 8.78 Å². The molecule has 88 valence electrons. The summed E-state index contributed by atoms with van der Waals surface area (Å²) in [5.74, 6) is -0.873. The SMILES string of the molecule is Nc1ccc(F)cc1Nc1ccc(Br)cc1F. The van der Waals surface area contributed by atoms with Gasteiger partial charge >= 0.3 is 0 Å². The third kappa shape index (κ3) is 2.74. The van der Waals surface area contributed by atoms with Crippen molar-refractivity contribution in [2.45, 2.75) is 0 Å². The van der Waals surface area contributed by atoms with Gasteiger partial charge in [0.05, 0.1) is 17.1 Å². The zero-order chi connectivity index (χ0) is 12.4. The highest BCUT2D eigenvalue weighted by atomic mass is 79.9. The van der Waals surface area contributed by atoms with Crippen molar-refractivity contribution in [1.82, 2.24) is 0 Å². The van der Waals surface area contributed by atoms with Gasteiger partial charge in [-0.25, -0.2) is 8.78 Å². The third-order valence-electron chi connectivity index (χ3n) is 2.22. The monoisotopic (exact) mass is 298 g/mol. The summed E-state index contributed by atoms with van der Waals surface area (Å²) in [4.78, 5) is 0. The minimum Gasteiger partial charge on any atom is -0.397 e. The Morgan fingerprint density at radius 1 is 1.00 bits per heavy atom. The predicted molar refractivity (Wildman–Crippen MR) is 68.2 cm³/mol. The molecule has 0 aliphatic carbocycles. The lowest BCUT2D eigenvalue weighted by molar-refractivity contribution is 0.627. The third-order valence-corrected chi connectivity index (χ3v) is 2.71. The molecule has 2 rings (SSSR count). The molecule has 0 aliphatic heterocycles. The van der Waals surface area contributed by atoms with E-state index in [-0.39, 0.29) is 5.69 Å². The number of hydrogen-bond donors (Lipinski definition) is 2. The van der Waals surface area contributed by atoms with E-state index < -0.39 is 11.6 Å². The van der Waals surface area contributed by atoms with Gasteiger partial charge in [-0.1, -0.05) is 15.9 Å². The minimum absolute atomic E-state index is 0.241. The molecule has 2 aromatic carbocycles. The van der Waals surface area contributed by atoms with Crippen molar-refractivity contribution < 1.29 is 8.78 Å². The van der Waals surface area contributed by atoms with Gasteiger partial charge in [0, 0.05) is 4.47 Å². The van der Waals surface area contributed by atoms with Crippen LogP contribution in [0.25, 0.3) is 0 Å². The summed E-state index contributed by atoms with van der Waals surface area (Å²) >= 11 is 3.16. The van der Waals surface area contributed by atoms with Crippen LogP contribution in [0.5, 0.6) is 0 Å². The second-order valence-electron chi connectivity index (χ2n) is 3.48. The van der Waals surface area contributed by atoms with E-state index in [1.165, 1.54) is 24.3 Å². The largest absolute Gasteiger partial charge is 0.397 e. The Bertz CT molecular complexity index is 558. The van der Waals surface area contributed by atoms with Crippen LogP contribution in [0.15, 0.2) is 40.9 Å². The van der Waals surface area contributed by atoms with Crippen LogP contribution >= 0.6 is 15.9 Å². The Morgan fingerprint density at radius 3 is 2.47 bits per heavy atom. The first-order valence-corrected chi connectivity index (χ1v) is 5.62. The molecule has 0 saturated carbocycles. The van der Waals surface area contributed by atoms with Gasteiger partial charge in [-0.15, -0.1) is 0 Å². The zero-order valence-electron chi connectivity index (χ0n) is 8.68. The van der Waals surface area contributed by atoms with Crippen LogP contribution in [-0.2, 0) is 0 Å². The Kier molecular flexibility index (Phi) is 3.28. The molecule has 5 heteroatoms. The van der Waals surface area contributed by atoms with Crippen molar-refractivity contribution in [3.8, 4) is 0 Å². The standard InChI is InChI=1S/C12H9BrF2N2/c13-7-1-4-11(9(15)5-7)17-12-6-8(14)2-3-10(12)16/h1-6,17H,16H2. The maximum Gasteiger partial charge on any atom is 0.147 e. The Hall–Kier alpha value is -1.62. The van der Waals surface area contributed by atoms with Gasteiger partial charge < -0.3 is 11.1 Å². The molecule has 0 atom stereocenters. The van der Waals surface area contributed by atoms with Crippen molar-refractivity contribution in [3.63, 3.8) is 0 Å². The summed E-state index contributed by atoms with van der Waals surface area (Å²) < 4.78 is 27.2. The van der Waals surface area contributed by atoms with E-state index in [2.05, 4.69) is 21.2 Å². The summed E-state index contributed by atoms with van der Waals surface area (Å²) in [5, 5.41) is 2.75. The van der Waals surface area contributed by atoms with Gasteiger partial charge in [0.15, 0.2) is 0 Å². The fourth-order valence-corrected chi connectivity index (χ4v) is 1.71. The topological polar surface area (TPSA) is 38.0 Å². The molecule has 0 aromatic heterocycles. The molecule has 0 spiro atoms. The number of nitrogens with one attached hydrogen (secondary N) is 1. The molecule has 0 bridgehead atoms. The molecule has 0 amide bonds. The van der Waals surface area contributed by atoms with E-state index in [1.54, 1.807) is 12.1 Å². The second kappa shape index (κ2) is 4.71. The zero-order valence-corrected chi connectivity index (χ0v) is 10.3. The maximum absolute atomic E-state index is 13.5. The van der Waals surface area contributed by atoms with E-state index in [4.69, 9.17) is 5.73 Å². The van der Waals surface area contributed by atoms with Crippen molar-refractivity contribution in [2.24, 2.45) is 0 Å². The Morgan fingerprint density at radius 2 is 1.76 bits per heavy atom. The van der Waals surface area contributed by atoms with Crippen molar-refractivity contribution in [1.29, 1.82) is 0 Å². The minimum atomic E-state index is -0.442. The number of halogens is 3. The molecular formula is C12H9BrF2N2. The van der Waals surface area contributed by atoms with Crippen LogP contribution in [0.1, 0.15) is 0 Å². The summed E-state index contributed by atoms with van der Waals surface area (Å²) in [6.07, 6.45) is 0. The number of rotatable bonds is 2. The molecule has 2 nitrogen and oxygen atoms in total. The van der Waals surface area contributed by atoms with Crippen LogP contribution in [0, 0.1) is 11.6 Å². The first-order valence-electron chi connectivity index (χ1n) is 4.83. The Balaban J connectivity index is 2.34. The lowest BCUT2D eigenvalue weighted by atomic mass is 10.2. The second-order valence-corrected chi connectivity index (χ2v) is 4.40. The van der Waals surface area contributed by atoms with Gasteiger partial charge in [-0.2, -0.15) is 0 Å². The fraction of sp³-hybridized carbons (Fsp3) is 0. The first-order chi connectivity index (χ1) is 8.06. The number of hydrogen-bond acceptors (Lipinski definition) is 2. The quantitative estimate of drug-likeness (QED) is 0.821. The lowest BCUT2D eigenvalue weighted by Crippen LogP contribution is -1.98. The van der Waals surface area contributed by atoms with Crippen LogP contribution in [0.3, 0.4) is 0 Å². The van der Waals surface area contributed by atoms with Crippen molar-refractivity contribution in [2.75, 3.05) is 11.1 Å². The average Bonchev–Trinajstić information content (AvgIpc) is 2.27. The molecule has 17 heavy (non-hydrogen) atoms. The molecular weight excluding hydrogens is 290 g/mol. The molecule has 3 N–H and O–H groups in total. The summed E-state index contributed by atoms with van der Waals surface area (Å²) in [6.45, 7) is 0. The fourth-order valence-electron chi connectivity index (χ4n) is 1.37. The van der Waals surface area contributed by atoms with Gasteiger partial charge in [-0.3, -0.25) is 0 Å². The number of benzene rings is 2. The van der Waals surface area contributed by atoms with Gasteiger partial charge in [0.2, 0.25) is 0 Å². The molecule has 0 radical (unpaired) electrons. The van der Waals surface area contributed by atoms with E-state index in [1.807, 2.05) is 0 Å². The first kappa shape index (κ1) is 11.9. The maximum atomic E-state index is 13.5. The molecule has 0 unspecified atom stereocenters. The van der Waals surface area contributed by atoms with E-state index in [0.717, 1.165) is 0 Å². The lowest BCUT2D eigenvalue weighted by Gasteiger charge is -2.10. The highest BCUT2D eigenvalue weighted by Gasteiger charge is 2.06. The molecule has 0 saturated heterocycles. The van der Waals surface area contributed by atoms with Crippen molar-refractivity contribution in [3.05, 3.63) is 52.5 Å². The highest BCUT2D eigenvalue weighted by molar-refractivity contribution is 9.10. The molecule has 2 aromatic rings. The normalized spacial score (nSPS) is 10.3. The number of nitrogens with two attached hydrogens (primary N) is 1. The summed E-state index contributed by atoms with van der Waals surface area (Å²) in [7, 11) is 0. The Labute approximate surface area is 106 Å². The van der Waals surface area contributed by atoms with Crippen LogP contribution < -0.4 is 11.1 Å². The molecule has 0 fully saturated rings. The smallest absolute Gasteiger partial charge is 0.147 e. The van der Waals surface area contributed by atoms with E-state index >= 15 is 0 Å². The highest BCUT2D eigenvalue weighted by Crippen LogP contribution is 2.27. The van der Waals surface area contributed by atoms with Gasteiger partial charge in [0.1, 0.15) is 11.6 Å². The van der Waals surface area contributed by atoms with Crippen molar-refractivity contribution >= 4 is 33.0 Å². The number of nitrogen functional groups attached to an aromatic ring is 1.